The van der Waals surface area contributed by atoms with Gasteiger partial charge >= 0.3 is 0 Å². The molecule has 25 heavy (non-hydrogen) atoms. The van der Waals surface area contributed by atoms with E-state index in [-0.39, 0.29) is 22.9 Å². The van der Waals surface area contributed by atoms with Crippen molar-refractivity contribution in [1.82, 2.24) is 5.32 Å². The Morgan fingerprint density at radius 3 is 2.32 bits per heavy atom. The third kappa shape index (κ3) is 3.65. The molecule has 0 aromatic heterocycles. The molecule has 1 saturated carbocycles. The summed E-state index contributed by atoms with van der Waals surface area (Å²) in [6.07, 6.45) is 1.04. The van der Waals surface area contributed by atoms with Gasteiger partial charge in [-0.1, -0.05) is 59.6 Å². The average molecular weight is 377 g/mol. The van der Waals surface area contributed by atoms with Crippen LogP contribution in [0.4, 0.5) is 5.69 Å². The monoisotopic (exact) mass is 376 g/mol. The van der Waals surface area contributed by atoms with Gasteiger partial charge in [0.05, 0.1) is 21.8 Å². The van der Waals surface area contributed by atoms with Crippen molar-refractivity contribution in [2.45, 2.75) is 25.8 Å². The van der Waals surface area contributed by atoms with Crippen LogP contribution in [0.2, 0.25) is 10.0 Å². The van der Waals surface area contributed by atoms with Gasteiger partial charge in [-0.25, -0.2) is 0 Å². The molecule has 6 heteroatoms. The van der Waals surface area contributed by atoms with Crippen LogP contribution in [-0.2, 0) is 9.59 Å². The molecule has 0 saturated heterocycles. The summed E-state index contributed by atoms with van der Waals surface area (Å²) in [5.74, 6) is -0.617. The highest BCUT2D eigenvalue weighted by Crippen LogP contribution is 2.47. The van der Waals surface area contributed by atoms with E-state index in [0.717, 1.165) is 5.56 Å². The maximum atomic E-state index is 12.7. The lowest BCUT2D eigenvalue weighted by Gasteiger charge is -2.20. The molecule has 0 radical (unpaired) electrons. The summed E-state index contributed by atoms with van der Waals surface area (Å²) < 4.78 is 0. The van der Waals surface area contributed by atoms with Crippen LogP contribution in [0.15, 0.2) is 48.5 Å². The lowest BCUT2D eigenvalue weighted by Crippen LogP contribution is -2.41. The Morgan fingerprint density at radius 1 is 1.00 bits per heavy atom. The van der Waals surface area contributed by atoms with E-state index in [4.69, 9.17) is 23.2 Å². The first kappa shape index (κ1) is 17.8. The van der Waals surface area contributed by atoms with Crippen molar-refractivity contribution >= 4 is 40.7 Å². The molecule has 1 fully saturated rings. The van der Waals surface area contributed by atoms with E-state index < -0.39 is 5.41 Å². The van der Waals surface area contributed by atoms with Crippen molar-refractivity contribution in [2.24, 2.45) is 5.41 Å². The minimum Gasteiger partial charge on any atom is -0.349 e. The van der Waals surface area contributed by atoms with Gasteiger partial charge in [0.25, 0.3) is 0 Å². The summed E-state index contributed by atoms with van der Waals surface area (Å²) in [7, 11) is 0. The fraction of sp³-hybridized carbons (Fsp3) is 0.263. The number of benzene rings is 2. The van der Waals surface area contributed by atoms with Gasteiger partial charge in [0.2, 0.25) is 11.8 Å². The summed E-state index contributed by atoms with van der Waals surface area (Å²) >= 11 is 12.1. The molecule has 3 rings (SSSR count). The molecular formula is C19H18Cl2N2O2. The summed E-state index contributed by atoms with van der Waals surface area (Å²) in [5.41, 5.74) is 0.369. The first-order valence-corrected chi connectivity index (χ1v) is 8.81. The quantitative estimate of drug-likeness (QED) is 0.749. The molecule has 0 spiro atoms. The predicted octanol–water partition coefficient (Wildman–Crippen LogP) is 4.59. The topological polar surface area (TPSA) is 58.2 Å². The number of hydrogen-bond acceptors (Lipinski definition) is 2. The maximum Gasteiger partial charge on any atom is 0.240 e. The highest BCUT2D eigenvalue weighted by molar-refractivity contribution is 6.44. The van der Waals surface area contributed by atoms with E-state index in [1.54, 1.807) is 18.2 Å². The van der Waals surface area contributed by atoms with Gasteiger partial charge in [0, 0.05) is 0 Å². The van der Waals surface area contributed by atoms with Crippen molar-refractivity contribution in [2.75, 3.05) is 5.32 Å². The molecule has 4 nitrogen and oxygen atoms in total. The number of hydrogen-bond donors (Lipinski definition) is 2. The van der Waals surface area contributed by atoms with Crippen LogP contribution in [0.1, 0.15) is 31.4 Å². The van der Waals surface area contributed by atoms with Crippen LogP contribution < -0.4 is 10.6 Å². The van der Waals surface area contributed by atoms with Crippen molar-refractivity contribution in [1.29, 1.82) is 0 Å². The van der Waals surface area contributed by atoms with Crippen molar-refractivity contribution in [3.8, 4) is 0 Å². The number of nitrogens with one attached hydrogen (secondary N) is 2. The van der Waals surface area contributed by atoms with Crippen LogP contribution in [0, 0.1) is 5.41 Å². The normalized spacial score (nSPS) is 16.0. The van der Waals surface area contributed by atoms with E-state index in [1.165, 1.54) is 0 Å². The lowest BCUT2D eigenvalue weighted by molar-refractivity contribution is -0.134. The number of anilines is 1. The fourth-order valence-corrected chi connectivity index (χ4v) is 3.03. The molecule has 2 N–H and O–H groups in total. The van der Waals surface area contributed by atoms with Crippen LogP contribution in [0.3, 0.4) is 0 Å². The fourth-order valence-electron chi connectivity index (χ4n) is 2.68. The third-order valence-electron chi connectivity index (χ3n) is 4.47. The Labute approximate surface area is 156 Å². The summed E-state index contributed by atoms with van der Waals surface area (Å²) in [4.78, 5) is 25.3. The minimum absolute atomic E-state index is 0.172. The molecule has 2 amide bonds. The van der Waals surface area contributed by atoms with E-state index in [2.05, 4.69) is 10.6 Å². The highest BCUT2D eigenvalue weighted by atomic mass is 35.5. The maximum absolute atomic E-state index is 12.7. The zero-order valence-corrected chi connectivity index (χ0v) is 15.2. The first-order valence-electron chi connectivity index (χ1n) is 8.05. The zero-order valence-electron chi connectivity index (χ0n) is 13.7. The van der Waals surface area contributed by atoms with E-state index in [9.17, 15) is 9.59 Å². The van der Waals surface area contributed by atoms with Crippen molar-refractivity contribution < 1.29 is 9.59 Å². The Kier molecular flexibility index (Phi) is 5.02. The van der Waals surface area contributed by atoms with Gasteiger partial charge in [-0.15, -0.1) is 0 Å². The number of halogens is 2. The Bertz CT molecular complexity index is 804. The number of carbonyl (C=O) groups excluding carboxylic acids is 2. The van der Waals surface area contributed by atoms with Gasteiger partial charge in [0.1, 0.15) is 5.41 Å². The highest BCUT2D eigenvalue weighted by Gasteiger charge is 2.56. The van der Waals surface area contributed by atoms with Gasteiger partial charge in [0.15, 0.2) is 0 Å². The van der Waals surface area contributed by atoms with Crippen LogP contribution in [-0.4, -0.2) is 11.8 Å². The molecule has 0 heterocycles. The molecule has 1 unspecified atom stereocenters. The summed E-state index contributed by atoms with van der Waals surface area (Å²) in [6.45, 7) is 1.90. The van der Waals surface area contributed by atoms with Crippen LogP contribution in [0.5, 0.6) is 0 Å². The van der Waals surface area contributed by atoms with E-state index in [0.29, 0.717) is 23.6 Å². The SMILES string of the molecule is CC(NC(=O)C1(C(=O)Nc2cccc(Cl)c2Cl)CC1)c1ccccc1. The second-order valence-corrected chi connectivity index (χ2v) is 7.03. The molecule has 2 aromatic carbocycles. The summed E-state index contributed by atoms with van der Waals surface area (Å²) in [6, 6.07) is 14.5. The molecule has 0 aliphatic heterocycles. The molecule has 0 bridgehead atoms. The van der Waals surface area contributed by atoms with Gasteiger partial charge in [-0.05, 0) is 37.5 Å². The Balaban J connectivity index is 1.70. The minimum atomic E-state index is -1.03. The molecule has 1 aliphatic rings. The molecule has 130 valence electrons. The largest absolute Gasteiger partial charge is 0.349 e. The molecular weight excluding hydrogens is 359 g/mol. The zero-order chi connectivity index (χ0) is 18.0. The summed E-state index contributed by atoms with van der Waals surface area (Å²) in [5, 5.41) is 6.29. The van der Waals surface area contributed by atoms with Crippen molar-refractivity contribution in [3.05, 3.63) is 64.1 Å². The third-order valence-corrected chi connectivity index (χ3v) is 5.29. The smallest absolute Gasteiger partial charge is 0.240 e. The average Bonchev–Trinajstić information content (AvgIpc) is 3.41. The second-order valence-electron chi connectivity index (χ2n) is 6.24. The molecule has 1 aliphatic carbocycles. The van der Waals surface area contributed by atoms with Crippen LogP contribution >= 0.6 is 23.2 Å². The lowest BCUT2D eigenvalue weighted by atomic mass is 10.0. The number of amides is 2. The van der Waals surface area contributed by atoms with Crippen molar-refractivity contribution in [3.63, 3.8) is 0 Å². The van der Waals surface area contributed by atoms with E-state index >= 15 is 0 Å². The molecule has 1 atom stereocenters. The molecule has 2 aromatic rings. The second kappa shape index (κ2) is 7.06. The van der Waals surface area contributed by atoms with E-state index in [1.807, 2.05) is 37.3 Å². The van der Waals surface area contributed by atoms with Gasteiger partial charge in [-0.3, -0.25) is 9.59 Å². The number of rotatable bonds is 5. The Morgan fingerprint density at radius 2 is 1.68 bits per heavy atom. The predicted molar refractivity (Wildman–Crippen MR) is 99.8 cm³/mol. The van der Waals surface area contributed by atoms with Gasteiger partial charge in [-0.2, -0.15) is 0 Å². The first-order chi connectivity index (χ1) is 11.9. The van der Waals surface area contributed by atoms with Gasteiger partial charge < -0.3 is 10.6 Å². The Hall–Kier alpha value is -2.04. The van der Waals surface area contributed by atoms with Crippen LogP contribution in [0.25, 0.3) is 0 Å². The standard InChI is InChI=1S/C19H18Cl2N2O2/c1-12(13-6-3-2-4-7-13)22-17(24)19(10-11-19)18(25)23-15-9-5-8-14(20)16(15)21/h2-9,12H,10-11H2,1H3,(H,22,24)(H,23,25). The number of carbonyl (C=O) groups is 2.